The Morgan fingerprint density at radius 2 is 1.91 bits per heavy atom. The summed E-state index contributed by atoms with van der Waals surface area (Å²) >= 11 is 3.22. The third-order valence-corrected chi connectivity index (χ3v) is 3.87. The predicted molar refractivity (Wildman–Crippen MR) is 93.4 cm³/mol. The van der Waals surface area contributed by atoms with E-state index in [0.29, 0.717) is 15.4 Å². The van der Waals surface area contributed by atoms with Crippen molar-refractivity contribution in [1.82, 2.24) is 4.57 Å². The van der Waals surface area contributed by atoms with E-state index < -0.39 is 5.97 Å². The van der Waals surface area contributed by atoms with Crippen LogP contribution in [-0.2, 0) is 6.54 Å². The molecule has 0 saturated carbocycles. The Morgan fingerprint density at radius 1 is 1.22 bits per heavy atom. The highest BCUT2D eigenvalue weighted by atomic mass is 79.9. The number of aromatic nitrogens is 1. The molecule has 0 spiro atoms. The lowest BCUT2D eigenvalue weighted by molar-refractivity contribution is 0.0699. The minimum atomic E-state index is -0.985. The number of nitrogens with zero attached hydrogens (tertiary/aromatic N) is 1. The molecule has 1 N–H and O–H groups in total. The number of hydrogen-bond acceptors (Lipinski definition) is 1. The van der Waals surface area contributed by atoms with Gasteiger partial charge in [-0.25, -0.2) is 9.18 Å². The van der Waals surface area contributed by atoms with E-state index in [1.807, 2.05) is 26.0 Å². The van der Waals surface area contributed by atoms with Gasteiger partial charge in [0.15, 0.2) is 0 Å². The van der Waals surface area contributed by atoms with Crippen LogP contribution in [0.4, 0.5) is 4.39 Å². The van der Waals surface area contributed by atoms with Gasteiger partial charge in [-0.3, -0.25) is 0 Å². The van der Waals surface area contributed by atoms with Crippen molar-refractivity contribution in [3.63, 3.8) is 0 Å². The Bertz CT molecular complexity index is 842. The van der Waals surface area contributed by atoms with Crippen molar-refractivity contribution >= 4 is 32.8 Å². The second-order valence-electron chi connectivity index (χ2n) is 4.73. The number of carbonyl (C=O) groups is 1. The summed E-state index contributed by atoms with van der Waals surface area (Å²) in [5.74, 6) is -1.31. The number of carboxylic acid groups (broad SMARTS) is 1. The van der Waals surface area contributed by atoms with E-state index in [4.69, 9.17) is 0 Å². The van der Waals surface area contributed by atoms with E-state index in [9.17, 15) is 14.3 Å². The summed E-state index contributed by atoms with van der Waals surface area (Å²) < 4.78 is 16.4. The van der Waals surface area contributed by atoms with Gasteiger partial charge in [0.2, 0.25) is 0 Å². The Morgan fingerprint density at radius 3 is 2.57 bits per heavy atom. The van der Waals surface area contributed by atoms with Crippen molar-refractivity contribution in [2.75, 3.05) is 0 Å². The average molecular weight is 378 g/mol. The standard InChI is InChI=1S/C16H11BrFNO2.C2H6/c17-11-6-5-10(14(18)7-11)8-19-9-13(16(20)21)12-3-1-2-4-15(12)19;1-2/h1-7,9H,8H2,(H,20,21);1-2H3. The molecule has 0 atom stereocenters. The van der Waals surface area contributed by atoms with Crippen LogP contribution in [0, 0.1) is 5.82 Å². The summed E-state index contributed by atoms with van der Waals surface area (Å²) in [6.45, 7) is 4.28. The highest BCUT2D eigenvalue weighted by molar-refractivity contribution is 9.10. The van der Waals surface area contributed by atoms with Crippen LogP contribution >= 0.6 is 15.9 Å². The van der Waals surface area contributed by atoms with Gasteiger partial charge in [0.05, 0.1) is 12.1 Å². The number of rotatable bonds is 3. The quantitative estimate of drug-likeness (QED) is 0.671. The maximum atomic E-state index is 13.9. The van der Waals surface area contributed by atoms with Crippen molar-refractivity contribution in [2.24, 2.45) is 0 Å². The molecule has 0 amide bonds. The first-order valence-corrected chi connectivity index (χ1v) is 8.10. The average Bonchev–Trinajstić information content (AvgIpc) is 2.91. The Balaban J connectivity index is 0.000000924. The van der Waals surface area contributed by atoms with Gasteiger partial charge in [-0.15, -0.1) is 0 Å². The third-order valence-electron chi connectivity index (χ3n) is 3.37. The molecule has 0 aliphatic heterocycles. The number of fused-ring (bicyclic) bond motifs is 1. The van der Waals surface area contributed by atoms with Crippen LogP contribution in [-0.4, -0.2) is 15.6 Å². The van der Waals surface area contributed by atoms with Crippen molar-refractivity contribution in [1.29, 1.82) is 0 Å². The summed E-state index contributed by atoms with van der Waals surface area (Å²) in [5, 5.41) is 9.91. The number of aromatic carboxylic acids is 1. The third kappa shape index (κ3) is 3.62. The zero-order valence-corrected chi connectivity index (χ0v) is 14.5. The lowest BCUT2D eigenvalue weighted by Gasteiger charge is -2.07. The summed E-state index contributed by atoms with van der Waals surface area (Å²) in [6.07, 6.45) is 1.55. The molecule has 23 heavy (non-hydrogen) atoms. The number of halogens is 2. The van der Waals surface area contributed by atoms with Crippen LogP contribution in [0.3, 0.4) is 0 Å². The molecular weight excluding hydrogens is 361 g/mol. The molecule has 3 nitrogen and oxygen atoms in total. The van der Waals surface area contributed by atoms with Crippen LogP contribution in [0.1, 0.15) is 29.8 Å². The molecule has 0 fully saturated rings. The first-order valence-electron chi connectivity index (χ1n) is 7.31. The summed E-state index contributed by atoms with van der Waals surface area (Å²) in [6, 6.07) is 12.1. The summed E-state index contributed by atoms with van der Waals surface area (Å²) in [5.41, 5.74) is 1.51. The van der Waals surface area contributed by atoms with Gasteiger partial charge in [0, 0.05) is 27.1 Å². The molecule has 2 aromatic carbocycles. The highest BCUT2D eigenvalue weighted by Gasteiger charge is 2.14. The van der Waals surface area contributed by atoms with Crippen LogP contribution in [0.15, 0.2) is 53.1 Å². The smallest absolute Gasteiger partial charge is 0.337 e. The van der Waals surface area contributed by atoms with Crippen molar-refractivity contribution in [3.05, 3.63) is 70.1 Å². The van der Waals surface area contributed by atoms with Crippen LogP contribution in [0.2, 0.25) is 0 Å². The largest absolute Gasteiger partial charge is 0.478 e. The number of para-hydroxylation sites is 1. The number of carboxylic acids is 1. The molecule has 1 aromatic heterocycles. The van der Waals surface area contributed by atoms with Crippen LogP contribution in [0.5, 0.6) is 0 Å². The Hall–Kier alpha value is -2.14. The molecule has 0 saturated heterocycles. The maximum Gasteiger partial charge on any atom is 0.337 e. The van der Waals surface area contributed by atoms with Gasteiger partial charge in [0.25, 0.3) is 0 Å². The fourth-order valence-electron chi connectivity index (χ4n) is 2.38. The predicted octanol–water partition coefficient (Wildman–Crippen LogP) is 5.32. The van der Waals surface area contributed by atoms with Gasteiger partial charge in [-0.05, 0) is 18.2 Å². The van der Waals surface area contributed by atoms with Gasteiger partial charge in [0.1, 0.15) is 5.82 Å². The van der Waals surface area contributed by atoms with Gasteiger partial charge in [-0.1, -0.05) is 54.0 Å². The zero-order chi connectivity index (χ0) is 17.0. The van der Waals surface area contributed by atoms with E-state index in [-0.39, 0.29) is 17.9 Å². The van der Waals surface area contributed by atoms with E-state index in [1.165, 1.54) is 6.07 Å². The Kier molecular flexibility index (Phi) is 5.55. The van der Waals surface area contributed by atoms with Crippen molar-refractivity contribution in [3.8, 4) is 0 Å². The van der Waals surface area contributed by atoms with Gasteiger partial charge >= 0.3 is 5.97 Å². The molecular formula is C18H17BrFNO2. The molecule has 0 aliphatic rings. The van der Waals surface area contributed by atoms with Crippen molar-refractivity contribution in [2.45, 2.75) is 20.4 Å². The highest BCUT2D eigenvalue weighted by Crippen LogP contribution is 2.24. The second kappa shape index (κ2) is 7.42. The first-order chi connectivity index (χ1) is 11.1. The molecule has 0 unspecified atom stereocenters. The molecule has 0 bridgehead atoms. The number of hydrogen-bond donors (Lipinski definition) is 1. The van der Waals surface area contributed by atoms with Crippen LogP contribution in [0.25, 0.3) is 10.9 Å². The van der Waals surface area contributed by atoms with E-state index in [0.717, 1.165) is 5.52 Å². The summed E-state index contributed by atoms with van der Waals surface area (Å²) in [7, 11) is 0. The van der Waals surface area contributed by atoms with Crippen molar-refractivity contribution < 1.29 is 14.3 Å². The summed E-state index contributed by atoms with van der Waals surface area (Å²) in [4.78, 5) is 11.3. The SMILES string of the molecule is CC.O=C(O)c1cn(Cc2ccc(Br)cc2F)c2ccccc12. The van der Waals surface area contributed by atoms with Crippen LogP contribution < -0.4 is 0 Å². The zero-order valence-electron chi connectivity index (χ0n) is 12.9. The topological polar surface area (TPSA) is 42.2 Å². The van der Waals surface area contributed by atoms with E-state index >= 15 is 0 Å². The normalized spacial score (nSPS) is 10.3. The first kappa shape index (κ1) is 17.2. The second-order valence-corrected chi connectivity index (χ2v) is 5.64. The molecule has 120 valence electrons. The molecule has 1 heterocycles. The number of benzene rings is 2. The molecule has 0 aliphatic carbocycles. The monoisotopic (exact) mass is 377 g/mol. The molecule has 5 heteroatoms. The lowest BCUT2D eigenvalue weighted by Crippen LogP contribution is -2.01. The Labute approximate surface area is 142 Å². The fourth-order valence-corrected chi connectivity index (χ4v) is 2.71. The molecule has 3 rings (SSSR count). The molecule has 3 aromatic rings. The molecule has 0 radical (unpaired) electrons. The minimum absolute atomic E-state index is 0.225. The van der Waals surface area contributed by atoms with Gasteiger partial charge in [-0.2, -0.15) is 0 Å². The fraction of sp³-hybridized carbons (Fsp3) is 0.167. The van der Waals surface area contributed by atoms with E-state index in [2.05, 4.69) is 15.9 Å². The van der Waals surface area contributed by atoms with E-state index in [1.54, 1.807) is 35.0 Å². The lowest BCUT2D eigenvalue weighted by atomic mass is 10.2. The maximum absolute atomic E-state index is 13.9. The minimum Gasteiger partial charge on any atom is -0.478 e. The van der Waals surface area contributed by atoms with Gasteiger partial charge < -0.3 is 9.67 Å².